The topological polar surface area (TPSA) is 44.5 Å². The Morgan fingerprint density at radius 3 is 2.59 bits per heavy atom. The van der Waals surface area contributed by atoms with Gasteiger partial charge in [0.1, 0.15) is 5.75 Å². The Hall–Kier alpha value is -0.580. The van der Waals surface area contributed by atoms with Crippen LogP contribution in [0.5, 0.6) is 5.75 Å². The lowest BCUT2D eigenvalue weighted by molar-refractivity contribution is 0.00545. The second kappa shape index (κ2) is 6.38. The fourth-order valence-electron chi connectivity index (χ4n) is 1.34. The van der Waals surface area contributed by atoms with Crippen LogP contribution in [0.3, 0.4) is 0 Å². The molecule has 1 aromatic carbocycles. The minimum absolute atomic E-state index is 0.150. The van der Waals surface area contributed by atoms with Crippen LogP contribution in [-0.2, 0) is 11.3 Å². The van der Waals surface area contributed by atoms with E-state index in [1.54, 1.807) is 7.11 Å². The van der Waals surface area contributed by atoms with Gasteiger partial charge in [-0.2, -0.15) is 0 Å². The molecule has 0 bridgehead atoms. The van der Waals surface area contributed by atoms with Crippen molar-refractivity contribution in [2.45, 2.75) is 32.4 Å². The molecule has 0 aromatic heterocycles. The van der Waals surface area contributed by atoms with Crippen LogP contribution < -0.4 is 10.5 Å². The van der Waals surface area contributed by atoms with Gasteiger partial charge in [0.25, 0.3) is 0 Å². The van der Waals surface area contributed by atoms with E-state index in [4.69, 9.17) is 15.2 Å². The molecule has 0 heterocycles. The number of methoxy groups -OCH3 is 1. The number of ether oxygens (including phenoxy) is 2. The van der Waals surface area contributed by atoms with Crippen LogP contribution in [0, 0.1) is 0 Å². The van der Waals surface area contributed by atoms with Crippen LogP contribution in [0.1, 0.15) is 25.8 Å². The summed E-state index contributed by atoms with van der Waals surface area (Å²) in [7, 11) is 1.71. The molecule has 0 spiro atoms. The highest BCUT2D eigenvalue weighted by molar-refractivity contribution is 9.10. The molecule has 17 heavy (non-hydrogen) atoms. The third-order valence-corrected chi connectivity index (χ3v) is 3.15. The number of nitrogens with two attached hydrogens (primary N) is 1. The molecule has 1 aromatic rings. The Kier molecular flexibility index (Phi) is 5.43. The molecule has 1 rings (SSSR count). The van der Waals surface area contributed by atoms with Gasteiger partial charge in [-0.05, 0) is 37.6 Å². The highest BCUT2D eigenvalue weighted by Gasteiger charge is 2.16. The van der Waals surface area contributed by atoms with Crippen molar-refractivity contribution in [2.24, 2.45) is 5.73 Å². The molecule has 0 unspecified atom stereocenters. The summed E-state index contributed by atoms with van der Waals surface area (Å²) < 4.78 is 12.0. The number of rotatable bonds is 6. The summed E-state index contributed by atoms with van der Waals surface area (Å²) in [5.41, 5.74) is 6.52. The zero-order valence-corrected chi connectivity index (χ0v) is 12.2. The van der Waals surface area contributed by atoms with Gasteiger partial charge in [0.2, 0.25) is 0 Å². The molecule has 96 valence electrons. The fourth-order valence-corrected chi connectivity index (χ4v) is 1.86. The van der Waals surface area contributed by atoms with Crippen molar-refractivity contribution in [3.05, 3.63) is 28.2 Å². The van der Waals surface area contributed by atoms with Crippen LogP contribution >= 0.6 is 15.9 Å². The van der Waals surface area contributed by atoms with E-state index < -0.39 is 0 Å². The molecule has 0 aliphatic carbocycles. The zero-order chi connectivity index (χ0) is 12.9. The Morgan fingerprint density at radius 2 is 2.00 bits per heavy atom. The maximum Gasteiger partial charge on any atom is 0.120 e. The molecule has 0 aliphatic rings. The van der Waals surface area contributed by atoms with Crippen molar-refractivity contribution < 1.29 is 9.47 Å². The first kappa shape index (κ1) is 14.5. The first-order chi connectivity index (χ1) is 7.96. The monoisotopic (exact) mass is 301 g/mol. The third-order valence-electron chi connectivity index (χ3n) is 2.69. The Labute approximate surface area is 111 Å². The lowest BCUT2D eigenvalue weighted by Gasteiger charge is -2.22. The van der Waals surface area contributed by atoms with Crippen molar-refractivity contribution >= 4 is 15.9 Å². The second-order valence-corrected chi connectivity index (χ2v) is 5.48. The van der Waals surface area contributed by atoms with Gasteiger partial charge in [0.05, 0.1) is 12.2 Å². The molecule has 3 nitrogen and oxygen atoms in total. The van der Waals surface area contributed by atoms with Gasteiger partial charge in [-0.1, -0.05) is 15.9 Å². The van der Waals surface area contributed by atoms with Gasteiger partial charge in [-0.25, -0.2) is 0 Å². The minimum Gasteiger partial charge on any atom is -0.493 e. The number of benzene rings is 1. The van der Waals surface area contributed by atoms with Gasteiger partial charge in [-0.15, -0.1) is 0 Å². The smallest absolute Gasteiger partial charge is 0.120 e. The average Bonchev–Trinajstić information content (AvgIpc) is 2.28. The van der Waals surface area contributed by atoms with E-state index in [2.05, 4.69) is 15.9 Å². The van der Waals surface area contributed by atoms with Gasteiger partial charge in [-0.3, -0.25) is 0 Å². The SMILES string of the molecule is COC(C)(C)CCOc1cc(Br)cc(CN)c1. The largest absolute Gasteiger partial charge is 0.493 e. The third kappa shape index (κ3) is 5.06. The van der Waals surface area contributed by atoms with Crippen LogP contribution in [0.2, 0.25) is 0 Å². The Balaban J connectivity index is 2.55. The molecular formula is C13H20BrNO2. The highest BCUT2D eigenvalue weighted by Crippen LogP contribution is 2.22. The molecule has 0 aliphatic heterocycles. The van der Waals surface area contributed by atoms with Gasteiger partial charge < -0.3 is 15.2 Å². The summed E-state index contributed by atoms with van der Waals surface area (Å²) in [5.74, 6) is 0.840. The summed E-state index contributed by atoms with van der Waals surface area (Å²) >= 11 is 3.44. The van der Waals surface area contributed by atoms with E-state index in [0.717, 1.165) is 22.2 Å². The maximum atomic E-state index is 5.70. The van der Waals surface area contributed by atoms with Gasteiger partial charge in [0.15, 0.2) is 0 Å². The molecule has 4 heteroatoms. The van der Waals surface area contributed by atoms with Crippen molar-refractivity contribution in [2.75, 3.05) is 13.7 Å². The van der Waals surface area contributed by atoms with Crippen LogP contribution in [0.15, 0.2) is 22.7 Å². The summed E-state index contributed by atoms with van der Waals surface area (Å²) in [6, 6.07) is 5.90. The molecule has 0 radical (unpaired) electrons. The van der Waals surface area contributed by atoms with E-state index in [9.17, 15) is 0 Å². The molecule has 2 N–H and O–H groups in total. The first-order valence-corrected chi connectivity index (χ1v) is 6.43. The van der Waals surface area contributed by atoms with Crippen molar-refractivity contribution in [1.82, 2.24) is 0 Å². The minimum atomic E-state index is -0.150. The fraction of sp³-hybridized carbons (Fsp3) is 0.538. The summed E-state index contributed by atoms with van der Waals surface area (Å²) in [6.07, 6.45) is 0.841. The first-order valence-electron chi connectivity index (χ1n) is 5.64. The molecule has 0 fully saturated rings. The average molecular weight is 302 g/mol. The number of halogens is 1. The molecular weight excluding hydrogens is 282 g/mol. The number of hydrogen-bond acceptors (Lipinski definition) is 3. The van der Waals surface area contributed by atoms with Crippen molar-refractivity contribution in [1.29, 1.82) is 0 Å². The second-order valence-electron chi connectivity index (χ2n) is 4.56. The normalized spacial score (nSPS) is 11.6. The quantitative estimate of drug-likeness (QED) is 0.878. The number of hydrogen-bond donors (Lipinski definition) is 1. The molecule has 0 amide bonds. The molecule has 0 atom stereocenters. The predicted octanol–water partition coefficient (Wildman–Crippen LogP) is 3.10. The maximum absolute atomic E-state index is 5.70. The lowest BCUT2D eigenvalue weighted by Crippen LogP contribution is -2.25. The molecule has 0 saturated heterocycles. The predicted molar refractivity (Wildman–Crippen MR) is 73.2 cm³/mol. The van der Waals surface area contributed by atoms with Crippen LogP contribution in [0.25, 0.3) is 0 Å². The summed E-state index contributed by atoms with van der Waals surface area (Å²) in [6.45, 7) is 5.23. The van der Waals surface area contributed by atoms with Crippen molar-refractivity contribution in [3.63, 3.8) is 0 Å². The van der Waals surface area contributed by atoms with E-state index in [-0.39, 0.29) is 5.60 Å². The molecule has 0 saturated carbocycles. The van der Waals surface area contributed by atoms with Crippen molar-refractivity contribution in [3.8, 4) is 5.75 Å². The highest BCUT2D eigenvalue weighted by atomic mass is 79.9. The summed E-state index contributed by atoms with van der Waals surface area (Å²) in [5, 5.41) is 0. The lowest BCUT2D eigenvalue weighted by atomic mass is 10.1. The van der Waals surface area contributed by atoms with Gasteiger partial charge >= 0.3 is 0 Å². The van der Waals surface area contributed by atoms with E-state index in [1.807, 2.05) is 32.0 Å². The van der Waals surface area contributed by atoms with E-state index >= 15 is 0 Å². The summed E-state index contributed by atoms with van der Waals surface area (Å²) in [4.78, 5) is 0. The van der Waals surface area contributed by atoms with Gasteiger partial charge in [0, 0.05) is 24.5 Å². The Morgan fingerprint density at radius 1 is 1.29 bits per heavy atom. The van der Waals surface area contributed by atoms with Crippen LogP contribution in [0.4, 0.5) is 0 Å². The van der Waals surface area contributed by atoms with E-state index in [1.165, 1.54) is 0 Å². The van der Waals surface area contributed by atoms with Crippen LogP contribution in [-0.4, -0.2) is 19.3 Å². The standard InChI is InChI=1S/C13H20BrNO2/c1-13(2,16-3)4-5-17-12-7-10(9-15)6-11(14)8-12/h6-8H,4-5,9,15H2,1-3H3. The Bertz CT molecular complexity index is 366. The zero-order valence-electron chi connectivity index (χ0n) is 10.6. The van der Waals surface area contributed by atoms with E-state index in [0.29, 0.717) is 13.2 Å².